The van der Waals surface area contributed by atoms with Crippen molar-refractivity contribution in [3.8, 4) is 22.5 Å². The highest BCUT2D eigenvalue weighted by Crippen LogP contribution is 2.33. The van der Waals surface area contributed by atoms with Gasteiger partial charge in [-0.1, -0.05) is 58.5 Å². The number of pyridine rings is 2. The second-order valence-electron chi connectivity index (χ2n) is 13.9. The van der Waals surface area contributed by atoms with Crippen LogP contribution in [-0.2, 0) is 20.0 Å². The van der Waals surface area contributed by atoms with Crippen LogP contribution in [0.3, 0.4) is 0 Å². The Hall–Kier alpha value is -2.43. The van der Waals surface area contributed by atoms with Gasteiger partial charge in [-0.3, -0.25) is 9.97 Å². The molecule has 0 saturated heterocycles. The van der Waals surface area contributed by atoms with Gasteiger partial charge < -0.3 is 10.2 Å². The molecule has 0 unspecified atom stereocenters. The number of rotatable bonds is 8. The number of nitrogens with one attached hydrogen (secondary N) is 2. The summed E-state index contributed by atoms with van der Waals surface area (Å²) >= 11 is 23.8. The largest absolute Gasteiger partial charge is 0.390 e. The van der Waals surface area contributed by atoms with Gasteiger partial charge in [0.15, 0.2) is 0 Å². The first-order valence-corrected chi connectivity index (χ1v) is 21.2. The second kappa shape index (κ2) is 16.7. The number of halogens is 5. The first-order valence-electron chi connectivity index (χ1n) is 16.8. The summed E-state index contributed by atoms with van der Waals surface area (Å²) in [4.78, 5) is 8.22. The van der Waals surface area contributed by atoms with E-state index in [1.54, 1.807) is 32.0 Å². The van der Waals surface area contributed by atoms with E-state index >= 15 is 0 Å². The molecule has 0 spiro atoms. The van der Waals surface area contributed by atoms with Gasteiger partial charge in [0.25, 0.3) is 0 Å². The Morgan fingerprint density at radius 3 is 1.51 bits per heavy atom. The zero-order valence-corrected chi connectivity index (χ0v) is 33.4. The fourth-order valence-corrected chi connectivity index (χ4v) is 9.77. The van der Waals surface area contributed by atoms with Crippen LogP contribution in [0.2, 0.25) is 20.1 Å². The third-order valence-corrected chi connectivity index (χ3v) is 13.4. The highest BCUT2D eigenvalue weighted by Gasteiger charge is 2.32. The molecule has 10 nitrogen and oxygen atoms in total. The molecule has 2 fully saturated rings. The summed E-state index contributed by atoms with van der Waals surface area (Å²) in [7, 11) is -7.50. The van der Waals surface area contributed by atoms with Gasteiger partial charge in [0.05, 0.1) is 52.5 Å². The predicted molar refractivity (Wildman–Crippen MR) is 206 cm³/mol. The van der Waals surface area contributed by atoms with E-state index in [0.29, 0.717) is 77.7 Å². The summed E-state index contributed by atoms with van der Waals surface area (Å²) in [5.74, 6) is -0.749. The van der Waals surface area contributed by atoms with Crippen LogP contribution in [0.1, 0.15) is 65.2 Å². The molecule has 6 rings (SSSR count). The fourth-order valence-electron chi connectivity index (χ4n) is 6.18. The quantitative estimate of drug-likeness (QED) is 0.138. The molecule has 0 aliphatic heterocycles. The molecule has 286 valence electrons. The SMILES string of the molecule is CC1(O)CCC(NS(=O)(=O)c2ccc(-c3ncc(Cl)cc3Cl)c(F)c2)CC1.CC1(O)CCC(NS(=O)(=O)c2ccc(-c3ncc(Cl)cc3Cl)cc2)CC1. The van der Waals surface area contributed by atoms with E-state index < -0.39 is 37.1 Å². The Morgan fingerprint density at radius 1 is 0.660 bits per heavy atom. The van der Waals surface area contributed by atoms with E-state index in [2.05, 4.69) is 19.4 Å². The molecule has 2 aromatic heterocycles. The molecule has 2 aromatic carbocycles. The smallest absolute Gasteiger partial charge is 0.240 e. The van der Waals surface area contributed by atoms with E-state index in [4.69, 9.17) is 46.4 Å². The Bertz CT molecular complexity index is 2160. The van der Waals surface area contributed by atoms with E-state index in [1.807, 2.05) is 0 Å². The van der Waals surface area contributed by atoms with Gasteiger partial charge in [-0.25, -0.2) is 30.7 Å². The Balaban J connectivity index is 0.000000204. The van der Waals surface area contributed by atoms with Gasteiger partial charge in [0.1, 0.15) is 5.82 Å². The second-order valence-corrected chi connectivity index (χ2v) is 19.0. The summed E-state index contributed by atoms with van der Waals surface area (Å²) in [5.41, 5.74) is 0.0609. The molecule has 2 aliphatic rings. The molecule has 0 atom stereocenters. The van der Waals surface area contributed by atoms with Crippen molar-refractivity contribution in [3.05, 3.63) is 92.9 Å². The van der Waals surface area contributed by atoms with Crippen LogP contribution in [0.15, 0.2) is 76.8 Å². The minimum absolute atomic E-state index is 0.0873. The number of hydrogen-bond donors (Lipinski definition) is 4. The Morgan fingerprint density at radius 2 is 1.08 bits per heavy atom. The lowest BCUT2D eigenvalue weighted by atomic mass is 9.84. The van der Waals surface area contributed by atoms with Gasteiger partial charge in [-0.15, -0.1) is 0 Å². The average Bonchev–Trinajstić information content (AvgIpc) is 3.07. The minimum atomic E-state index is -3.88. The van der Waals surface area contributed by atoms with Crippen molar-refractivity contribution in [2.45, 2.75) is 98.3 Å². The molecule has 4 N–H and O–H groups in total. The summed E-state index contributed by atoms with van der Waals surface area (Å²) in [6.07, 6.45) is 7.30. The number of aromatic nitrogens is 2. The third kappa shape index (κ3) is 11.1. The van der Waals surface area contributed by atoms with Crippen LogP contribution in [-0.4, -0.2) is 60.3 Å². The molecule has 0 radical (unpaired) electrons. The zero-order chi connectivity index (χ0) is 38.8. The maximum atomic E-state index is 14.6. The average molecular weight is 849 g/mol. The Kier molecular flexibility index (Phi) is 13.2. The van der Waals surface area contributed by atoms with Crippen molar-refractivity contribution in [2.24, 2.45) is 0 Å². The molecule has 2 heterocycles. The van der Waals surface area contributed by atoms with Gasteiger partial charge in [0.2, 0.25) is 20.0 Å². The van der Waals surface area contributed by atoms with E-state index in [9.17, 15) is 31.4 Å². The third-order valence-electron chi connectivity index (χ3n) is 9.33. The van der Waals surface area contributed by atoms with Crippen LogP contribution in [0.4, 0.5) is 4.39 Å². The summed E-state index contributed by atoms with van der Waals surface area (Å²) < 4.78 is 70.2. The lowest BCUT2D eigenvalue weighted by Crippen LogP contribution is -2.42. The Labute approximate surface area is 329 Å². The number of benzene rings is 2. The molecular formula is C36H39Cl4FN4O6S2. The van der Waals surface area contributed by atoms with E-state index in [-0.39, 0.29) is 38.2 Å². The fraction of sp³-hybridized carbons (Fsp3) is 0.389. The maximum absolute atomic E-state index is 14.6. The molecular weight excluding hydrogens is 809 g/mol. The standard InChI is InChI=1S/C18H19Cl2FN2O3S.C18H20Cl2N2O3S/c1-18(24)6-4-12(5-7-18)23-27(25,26)13-2-3-14(16(21)9-13)17-15(20)8-11(19)10-22-17;1-18(23)8-6-14(7-9-18)22-26(24,25)15-4-2-12(3-5-15)17-16(20)10-13(19)11-21-17/h2-3,8-10,12,23-24H,4-7H2,1H3;2-5,10-11,14,22-23H,6-9H2,1H3. The normalized spacial score (nSPS) is 23.6. The highest BCUT2D eigenvalue weighted by atomic mass is 35.5. The van der Waals surface area contributed by atoms with Crippen molar-refractivity contribution in [1.82, 2.24) is 19.4 Å². The number of hydrogen-bond acceptors (Lipinski definition) is 8. The molecule has 2 aliphatic carbocycles. The van der Waals surface area contributed by atoms with Crippen molar-refractivity contribution in [1.29, 1.82) is 0 Å². The van der Waals surface area contributed by atoms with E-state index in [1.165, 1.54) is 42.7 Å². The molecule has 2 saturated carbocycles. The zero-order valence-electron chi connectivity index (χ0n) is 28.8. The maximum Gasteiger partial charge on any atom is 0.240 e. The van der Waals surface area contributed by atoms with Crippen LogP contribution < -0.4 is 9.44 Å². The van der Waals surface area contributed by atoms with Crippen LogP contribution in [0, 0.1) is 5.82 Å². The first-order chi connectivity index (χ1) is 24.7. The van der Waals surface area contributed by atoms with Gasteiger partial charge >= 0.3 is 0 Å². The first kappa shape index (κ1) is 41.7. The molecule has 4 aromatic rings. The van der Waals surface area contributed by atoms with Gasteiger partial charge in [-0.2, -0.15) is 0 Å². The monoisotopic (exact) mass is 846 g/mol. The minimum Gasteiger partial charge on any atom is -0.390 e. The van der Waals surface area contributed by atoms with Gasteiger partial charge in [-0.05, 0) is 108 Å². The van der Waals surface area contributed by atoms with Gasteiger partial charge in [0, 0.05) is 35.6 Å². The van der Waals surface area contributed by atoms with Crippen LogP contribution in [0.25, 0.3) is 22.5 Å². The molecule has 53 heavy (non-hydrogen) atoms. The van der Waals surface area contributed by atoms with Crippen molar-refractivity contribution in [2.75, 3.05) is 0 Å². The number of nitrogens with zero attached hydrogens (tertiary/aromatic N) is 2. The van der Waals surface area contributed by atoms with Crippen LogP contribution in [0.5, 0.6) is 0 Å². The van der Waals surface area contributed by atoms with Crippen molar-refractivity contribution in [3.63, 3.8) is 0 Å². The highest BCUT2D eigenvalue weighted by molar-refractivity contribution is 7.89. The number of aliphatic hydroxyl groups is 2. The van der Waals surface area contributed by atoms with Crippen LogP contribution >= 0.6 is 46.4 Å². The van der Waals surface area contributed by atoms with Crippen molar-refractivity contribution < 1.29 is 31.4 Å². The van der Waals surface area contributed by atoms with E-state index in [0.717, 1.165) is 6.07 Å². The summed E-state index contributed by atoms with van der Waals surface area (Å²) in [6.45, 7) is 3.52. The topological polar surface area (TPSA) is 159 Å². The number of sulfonamides is 2. The molecule has 0 amide bonds. The predicted octanol–water partition coefficient (Wildman–Crippen LogP) is 8.19. The lowest BCUT2D eigenvalue weighted by Gasteiger charge is -2.33. The molecule has 0 bridgehead atoms. The summed E-state index contributed by atoms with van der Waals surface area (Å²) in [5, 5.41) is 21.3. The molecule has 17 heteroatoms. The van der Waals surface area contributed by atoms with Crippen molar-refractivity contribution >= 4 is 66.5 Å². The lowest BCUT2D eigenvalue weighted by molar-refractivity contribution is 0.0159. The summed E-state index contributed by atoms with van der Waals surface area (Å²) in [6, 6.07) is 12.6.